The highest BCUT2D eigenvalue weighted by Crippen LogP contribution is 2.23. The van der Waals surface area contributed by atoms with Gasteiger partial charge >= 0.3 is 11.9 Å². The molecule has 0 fully saturated rings. The standard InChI is InChI=1S/C7H11BrO4/c1-7(8,6(10)12-3)4-5(9)11-2/h4H2,1-3H3. The first kappa shape index (κ1) is 11.4. The molecule has 0 bridgehead atoms. The second-order valence-corrected chi connectivity index (χ2v) is 4.19. The van der Waals surface area contributed by atoms with E-state index >= 15 is 0 Å². The monoisotopic (exact) mass is 238 g/mol. The van der Waals surface area contributed by atoms with Gasteiger partial charge in [0, 0.05) is 0 Å². The minimum absolute atomic E-state index is 0.0455. The highest BCUT2D eigenvalue weighted by atomic mass is 79.9. The van der Waals surface area contributed by atoms with E-state index in [0.717, 1.165) is 0 Å². The van der Waals surface area contributed by atoms with E-state index in [1.807, 2.05) is 0 Å². The highest BCUT2D eigenvalue weighted by Gasteiger charge is 2.34. The molecule has 0 amide bonds. The van der Waals surface area contributed by atoms with Crippen LogP contribution in [0, 0.1) is 0 Å². The predicted molar refractivity (Wildman–Crippen MR) is 46.0 cm³/mol. The van der Waals surface area contributed by atoms with Gasteiger partial charge < -0.3 is 9.47 Å². The number of hydrogen-bond acceptors (Lipinski definition) is 4. The molecule has 0 aromatic rings. The molecule has 1 unspecified atom stereocenters. The van der Waals surface area contributed by atoms with Gasteiger partial charge in [0.05, 0.1) is 20.6 Å². The molecule has 0 aliphatic rings. The van der Waals surface area contributed by atoms with E-state index in [1.54, 1.807) is 6.92 Å². The largest absolute Gasteiger partial charge is 0.469 e. The van der Waals surface area contributed by atoms with Crippen molar-refractivity contribution in [2.45, 2.75) is 17.7 Å². The molecule has 70 valence electrons. The fourth-order valence-electron chi connectivity index (χ4n) is 0.628. The number of alkyl halides is 1. The lowest BCUT2D eigenvalue weighted by atomic mass is 10.1. The first-order valence-electron chi connectivity index (χ1n) is 3.28. The lowest BCUT2D eigenvalue weighted by Gasteiger charge is -2.17. The number of hydrogen-bond donors (Lipinski definition) is 0. The quantitative estimate of drug-likeness (QED) is 0.541. The van der Waals surface area contributed by atoms with Crippen molar-refractivity contribution in [2.24, 2.45) is 0 Å². The number of methoxy groups -OCH3 is 2. The number of esters is 2. The van der Waals surface area contributed by atoms with Gasteiger partial charge in [-0.2, -0.15) is 0 Å². The van der Waals surface area contributed by atoms with Crippen molar-refractivity contribution in [1.29, 1.82) is 0 Å². The van der Waals surface area contributed by atoms with Crippen LogP contribution >= 0.6 is 15.9 Å². The third-order valence-electron chi connectivity index (χ3n) is 1.31. The molecule has 4 nitrogen and oxygen atoms in total. The molecule has 0 radical (unpaired) electrons. The van der Waals surface area contributed by atoms with Crippen molar-refractivity contribution >= 4 is 27.9 Å². The summed E-state index contributed by atoms with van der Waals surface area (Å²) >= 11 is 3.07. The van der Waals surface area contributed by atoms with Gasteiger partial charge in [-0.1, -0.05) is 15.9 Å². The van der Waals surface area contributed by atoms with Crippen LogP contribution in [0.1, 0.15) is 13.3 Å². The molecule has 0 aromatic heterocycles. The number of halogens is 1. The van der Waals surface area contributed by atoms with Gasteiger partial charge in [-0.15, -0.1) is 0 Å². The maximum absolute atomic E-state index is 11.0. The topological polar surface area (TPSA) is 52.6 Å². The van der Waals surface area contributed by atoms with E-state index in [-0.39, 0.29) is 6.42 Å². The lowest BCUT2D eigenvalue weighted by Crippen LogP contribution is -2.32. The Kier molecular flexibility index (Phi) is 4.23. The van der Waals surface area contributed by atoms with E-state index < -0.39 is 16.3 Å². The molecule has 0 spiro atoms. The van der Waals surface area contributed by atoms with Crippen LogP contribution in [0.3, 0.4) is 0 Å². The lowest BCUT2D eigenvalue weighted by molar-refractivity contribution is -0.149. The molecule has 0 aliphatic heterocycles. The van der Waals surface area contributed by atoms with Crippen LogP contribution in [-0.2, 0) is 19.1 Å². The zero-order chi connectivity index (χ0) is 9.78. The average Bonchev–Trinajstić information content (AvgIpc) is 2.02. The predicted octanol–water partition coefficient (Wildman–Crippen LogP) is 0.876. The molecule has 0 aromatic carbocycles. The number of carbonyl (C=O) groups excluding carboxylic acids is 2. The summed E-state index contributed by atoms with van der Waals surface area (Å²) in [5, 5.41) is 0. The van der Waals surface area contributed by atoms with Crippen LogP contribution in [0.2, 0.25) is 0 Å². The number of ether oxygens (including phenoxy) is 2. The summed E-state index contributed by atoms with van der Waals surface area (Å²) < 4.78 is 7.88. The first-order valence-corrected chi connectivity index (χ1v) is 4.07. The van der Waals surface area contributed by atoms with Gasteiger partial charge in [-0.3, -0.25) is 9.59 Å². The van der Waals surface area contributed by atoms with Crippen LogP contribution in [-0.4, -0.2) is 30.5 Å². The van der Waals surface area contributed by atoms with Gasteiger partial charge in [0.2, 0.25) is 0 Å². The minimum Gasteiger partial charge on any atom is -0.469 e. The fraction of sp³-hybridized carbons (Fsp3) is 0.714. The van der Waals surface area contributed by atoms with Crippen molar-refractivity contribution in [3.8, 4) is 0 Å². The van der Waals surface area contributed by atoms with Crippen molar-refractivity contribution < 1.29 is 19.1 Å². The minimum atomic E-state index is -0.991. The second-order valence-electron chi connectivity index (χ2n) is 2.44. The first-order chi connectivity index (χ1) is 5.44. The van der Waals surface area contributed by atoms with E-state index in [4.69, 9.17) is 0 Å². The Morgan fingerprint density at radius 1 is 1.33 bits per heavy atom. The van der Waals surface area contributed by atoms with Crippen molar-refractivity contribution in [3.63, 3.8) is 0 Å². The Labute approximate surface area is 79.3 Å². The maximum atomic E-state index is 11.0. The summed E-state index contributed by atoms with van der Waals surface area (Å²) in [4.78, 5) is 21.8. The number of carbonyl (C=O) groups is 2. The third-order valence-corrected chi connectivity index (χ3v) is 1.92. The summed E-state index contributed by atoms with van der Waals surface area (Å²) in [6.07, 6.45) is -0.0455. The molecule has 1 atom stereocenters. The van der Waals surface area contributed by atoms with E-state index in [1.165, 1.54) is 14.2 Å². The van der Waals surface area contributed by atoms with E-state index in [9.17, 15) is 9.59 Å². The Morgan fingerprint density at radius 2 is 1.83 bits per heavy atom. The normalized spacial score (nSPS) is 14.7. The molecule has 0 N–H and O–H groups in total. The summed E-state index contributed by atoms with van der Waals surface area (Å²) in [6, 6.07) is 0. The molecule has 12 heavy (non-hydrogen) atoms. The number of rotatable bonds is 3. The molecule has 0 heterocycles. The third kappa shape index (κ3) is 3.21. The Balaban J connectivity index is 4.21. The molecule has 0 rings (SSSR count). The van der Waals surface area contributed by atoms with Gasteiger partial charge in [0.1, 0.15) is 4.32 Å². The highest BCUT2D eigenvalue weighted by molar-refractivity contribution is 9.10. The van der Waals surface area contributed by atoms with Crippen LogP contribution < -0.4 is 0 Å². The smallest absolute Gasteiger partial charge is 0.322 e. The van der Waals surface area contributed by atoms with Crippen LogP contribution in [0.5, 0.6) is 0 Å². The zero-order valence-corrected chi connectivity index (χ0v) is 8.80. The maximum Gasteiger partial charge on any atom is 0.322 e. The summed E-state index contributed by atoms with van der Waals surface area (Å²) in [5.41, 5.74) is 0. The van der Waals surface area contributed by atoms with Gasteiger partial charge in [0.15, 0.2) is 0 Å². The zero-order valence-electron chi connectivity index (χ0n) is 7.22. The Morgan fingerprint density at radius 3 is 2.17 bits per heavy atom. The average molecular weight is 239 g/mol. The Bertz CT molecular complexity index is 188. The van der Waals surface area contributed by atoms with Crippen LogP contribution in [0.25, 0.3) is 0 Å². The summed E-state index contributed by atoms with van der Waals surface area (Å²) in [5.74, 6) is -0.951. The molecular formula is C7H11BrO4. The Hall–Kier alpha value is -0.580. The second kappa shape index (κ2) is 4.45. The summed E-state index contributed by atoms with van der Waals surface area (Å²) in [6.45, 7) is 1.55. The summed E-state index contributed by atoms with van der Waals surface area (Å²) in [7, 11) is 2.53. The van der Waals surface area contributed by atoms with Gasteiger partial charge in [-0.05, 0) is 6.92 Å². The molecule has 0 saturated carbocycles. The molecule has 0 saturated heterocycles. The molecular weight excluding hydrogens is 228 g/mol. The van der Waals surface area contributed by atoms with Crippen LogP contribution in [0.15, 0.2) is 0 Å². The van der Waals surface area contributed by atoms with Crippen LogP contribution in [0.4, 0.5) is 0 Å². The van der Waals surface area contributed by atoms with Crippen molar-refractivity contribution in [2.75, 3.05) is 14.2 Å². The molecule has 5 heteroatoms. The fourth-order valence-corrected chi connectivity index (χ4v) is 1.02. The SMILES string of the molecule is COC(=O)CC(C)(Br)C(=O)OC. The van der Waals surface area contributed by atoms with Gasteiger partial charge in [0.25, 0.3) is 0 Å². The molecule has 0 aliphatic carbocycles. The van der Waals surface area contributed by atoms with Crippen molar-refractivity contribution in [3.05, 3.63) is 0 Å². The van der Waals surface area contributed by atoms with E-state index in [0.29, 0.717) is 0 Å². The van der Waals surface area contributed by atoms with Gasteiger partial charge in [-0.25, -0.2) is 0 Å². The van der Waals surface area contributed by atoms with E-state index in [2.05, 4.69) is 25.4 Å². The van der Waals surface area contributed by atoms with Crippen molar-refractivity contribution in [1.82, 2.24) is 0 Å².